The summed E-state index contributed by atoms with van der Waals surface area (Å²) in [6.07, 6.45) is 52.2. The van der Waals surface area contributed by atoms with Gasteiger partial charge in [0, 0.05) is 6.42 Å². The zero-order valence-corrected chi connectivity index (χ0v) is 61.2. The summed E-state index contributed by atoms with van der Waals surface area (Å²) in [5, 5.41) is 121. The number of rotatable bonds is 61. The Balaban J connectivity index is 1.38. The minimum atomic E-state index is -1.98. The molecule has 99 heavy (non-hydrogen) atoms. The number of aliphatic hydroxyl groups excluding tert-OH is 11. The predicted octanol–water partition coefficient (Wildman–Crippen LogP) is 12.6. The van der Waals surface area contributed by atoms with Crippen LogP contribution in [0.1, 0.15) is 284 Å². The van der Waals surface area contributed by atoms with Gasteiger partial charge < -0.3 is 89.9 Å². The first kappa shape index (κ1) is 90.2. The zero-order valence-electron chi connectivity index (χ0n) is 61.2. The number of hydrogen-bond acceptors (Lipinski definition) is 18. The van der Waals surface area contributed by atoms with Crippen LogP contribution in [0.3, 0.4) is 0 Å². The van der Waals surface area contributed by atoms with Crippen LogP contribution in [0.15, 0.2) is 85.1 Å². The zero-order chi connectivity index (χ0) is 71.8. The molecule has 0 bridgehead atoms. The summed E-state index contributed by atoms with van der Waals surface area (Å²) >= 11 is 0. The van der Waals surface area contributed by atoms with Gasteiger partial charge in [0.05, 0.1) is 38.6 Å². The molecule has 0 aromatic rings. The molecule has 0 aromatic heterocycles. The Kier molecular flexibility index (Phi) is 54.9. The lowest BCUT2D eigenvalue weighted by Gasteiger charge is -2.48. The molecule has 3 heterocycles. The fourth-order valence-corrected chi connectivity index (χ4v) is 12.9. The van der Waals surface area contributed by atoms with E-state index in [0.29, 0.717) is 12.8 Å². The van der Waals surface area contributed by atoms with Gasteiger partial charge in [0.15, 0.2) is 18.9 Å². The van der Waals surface area contributed by atoms with Gasteiger partial charge in [0.25, 0.3) is 0 Å². The topological polar surface area (TPSA) is 307 Å². The molecule has 0 aliphatic carbocycles. The second-order valence-electron chi connectivity index (χ2n) is 27.8. The van der Waals surface area contributed by atoms with Gasteiger partial charge in [0.2, 0.25) is 5.91 Å². The summed E-state index contributed by atoms with van der Waals surface area (Å²) in [7, 11) is 0. The first-order chi connectivity index (χ1) is 48.3. The Hall–Kier alpha value is -3.03. The maximum absolute atomic E-state index is 13.5. The van der Waals surface area contributed by atoms with Crippen molar-refractivity contribution < 1.29 is 89.4 Å². The van der Waals surface area contributed by atoms with E-state index in [9.17, 15) is 61.0 Å². The summed E-state index contributed by atoms with van der Waals surface area (Å²) in [4.78, 5) is 13.5. The van der Waals surface area contributed by atoms with E-state index in [0.717, 1.165) is 103 Å². The number of allylic oxidation sites excluding steroid dienone is 14. The summed E-state index contributed by atoms with van der Waals surface area (Å²) in [6.45, 7) is 1.71. The largest absolute Gasteiger partial charge is 0.394 e. The van der Waals surface area contributed by atoms with E-state index < -0.39 is 124 Å². The molecule has 17 atom stereocenters. The number of amides is 1. The van der Waals surface area contributed by atoms with Crippen LogP contribution in [0, 0.1) is 0 Å². The molecule has 0 saturated carbocycles. The number of carbonyl (C=O) groups excluding carboxylic acids is 1. The van der Waals surface area contributed by atoms with Gasteiger partial charge in [0.1, 0.15) is 73.2 Å². The van der Waals surface area contributed by atoms with Crippen molar-refractivity contribution in [3.8, 4) is 0 Å². The second kappa shape index (κ2) is 60.3. The molecule has 3 aliphatic heterocycles. The van der Waals surface area contributed by atoms with Crippen molar-refractivity contribution in [3.63, 3.8) is 0 Å². The van der Waals surface area contributed by atoms with Crippen molar-refractivity contribution in [2.75, 3.05) is 26.4 Å². The normalized spacial score (nSPS) is 27.1. The average molecular weight is 1400 g/mol. The Morgan fingerprint density at radius 2 is 0.697 bits per heavy atom. The van der Waals surface area contributed by atoms with Crippen molar-refractivity contribution in [1.82, 2.24) is 5.32 Å². The highest BCUT2D eigenvalue weighted by atomic mass is 16.8. The third kappa shape index (κ3) is 40.7. The summed E-state index contributed by atoms with van der Waals surface area (Å²) < 4.78 is 34.5. The Labute approximate surface area is 597 Å². The van der Waals surface area contributed by atoms with Crippen LogP contribution < -0.4 is 5.32 Å². The number of carbonyl (C=O) groups is 1. The lowest BCUT2D eigenvalue weighted by Crippen LogP contribution is -2.66. The number of unbranched alkanes of at least 4 members (excludes halogenated alkanes) is 31. The summed E-state index contributed by atoms with van der Waals surface area (Å²) in [5.74, 6) is -0.250. The molecule has 3 fully saturated rings. The predicted molar refractivity (Wildman–Crippen MR) is 392 cm³/mol. The molecule has 0 aromatic carbocycles. The molecular weight excluding hydrogens is 1260 g/mol. The highest BCUT2D eigenvalue weighted by molar-refractivity contribution is 5.76. The smallest absolute Gasteiger partial charge is 0.220 e. The van der Waals surface area contributed by atoms with Crippen LogP contribution in [-0.4, -0.2) is 193 Å². The quantitative estimate of drug-likeness (QED) is 0.0199. The van der Waals surface area contributed by atoms with Crippen LogP contribution in [-0.2, 0) is 33.2 Å². The maximum Gasteiger partial charge on any atom is 0.220 e. The molecule has 0 spiro atoms. The van der Waals surface area contributed by atoms with Crippen molar-refractivity contribution in [2.45, 2.75) is 388 Å². The first-order valence-electron chi connectivity index (χ1n) is 39.3. The lowest BCUT2D eigenvalue weighted by atomic mass is 9.96. The van der Waals surface area contributed by atoms with Crippen molar-refractivity contribution in [1.29, 1.82) is 0 Å². The third-order valence-corrected chi connectivity index (χ3v) is 19.2. The van der Waals surface area contributed by atoms with E-state index in [1.54, 1.807) is 0 Å². The minimum Gasteiger partial charge on any atom is -0.394 e. The van der Waals surface area contributed by atoms with Gasteiger partial charge in [-0.15, -0.1) is 0 Å². The SMILES string of the molecule is CC/C=C\C/C=C\C/C=C\C/C=C\C/C=C\C/C=C\C/C=C\CCCCCCCCCCCC(=O)NC(COC1OC(CO)C(OC2OC(CO)C(OC3OC(CO)C(O)C(O)C3O)C(O)C2O)C(O)C1O)C(O)CCCCCCCCCCCCCCCCCCCCCCCCC. The number of ether oxygens (including phenoxy) is 6. The molecule has 3 aliphatic rings. The van der Waals surface area contributed by atoms with E-state index in [1.165, 1.54) is 148 Å². The number of hydrogen-bond donors (Lipinski definition) is 12. The first-order valence-corrected chi connectivity index (χ1v) is 39.3. The van der Waals surface area contributed by atoms with Gasteiger partial charge in [-0.1, -0.05) is 292 Å². The molecule has 12 N–H and O–H groups in total. The third-order valence-electron chi connectivity index (χ3n) is 19.2. The molecule has 1 amide bonds. The van der Waals surface area contributed by atoms with Gasteiger partial charge in [-0.25, -0.2) is 0 Å². The lowest BCUT2D eigenvalue weighted by molar-refractivity contribution is -0.379. The van der Waals surface area contributed by atoms with E-state index in [1.807, 2.05) is 0 Å². The molecule has 19 nitrogen and oxygen atoms in total. The van der Waals surface area contributed by atoms with Crippen LogP contribution >= 0.6 is 0 Å². The van der Waals surface area contributed by atoms with Crippen LogP contribution in [0.5, 0.6) is 0 Å². The van der Waals surface area contributed by atoms with Gasteiger partial charge in [-0.2, -0.15) is 0 Å². The summed E-state index contributed by atoms with van der Waals surface area (Å²) in [5.41, 5.74) is 0. The fraction of sp³-hybridized carbons (Fsp3) is 0.812. The molecule has 17 unspecified atom stereocenters. The molecule has 3 saturated heterocycles. The Morgan fingerprint density at radius 1 is 0.374 bits per heavy atom. The van der Waals surface area contributed by atoms with Crippen LogP contribution in [0.25, 0.3) is 0 Å². The maximum atomic E-state index is 13.5. The van der Waals surface area contributed by atoms with E-state index in [4.69, 9.17) is 28.4 Å². The fourth-order valence-electron chi connectivity index (χ4n) is 12.9. The van der Waals surface area contributed by atoms with Crippen LogP contribution in [0.2, 0.25) is 0 Å². The van der Waals surface area contributed by atoms with Gasteiger partial charge >= 0.3 is 0 Å². The molecular formula is C80H141NO18. The Bertz CT molecular complexity index is 2120. The standard InChI is InChI=1S/C80H141NO18/c1-3-5-7-9-11-13-15-17-19-21-23-25-27-28-29-30-31-32-33-34-36-38-40-42-44-46-48-50-52-54-56-58-68(86)81-63(64(85)57-55-53-51-49-47-45-43-41-39-37-35-26-24-22-20-18-16-14-12-10-8-6-4-2)62-94-78-74(92)71(89)76(66(60-83)96-78)99-80-75(93)72(90)77(67(61-84)97-80)98-79-73(91)70(88)69(87)65(59-82)95-79/h5,7,11,13,17,19,23,25,28-29,31-32,34,36,63-67,69-80,82-85,87-93H,3-4,6,8-10,12,14-16,18,20-22,24,26-27,30,33,35,37-62H2,1-2H3,(H,81,86)/b7-5-,13-11-,19-17-,25-23-,29-28-,32-31-,36-34-. The van der Waals surface area contributed by atoms with Crippen LogP contribution in [0.4, 0.5) is 0 Å². The minimum absolute atomic E-state index is 0.250. The summed E-state index contributed by atoms with van der Waals surface area (Å²) in [6, 6.07) is -0.898. The van der Waals surface area contributed by atoms with Crippen molar-refractivity contribution >= 4 is 5.91 Å². The highest BCUT2D eigenvalue weighted by Gasteiger charge is 2.54. The van der Waals surface area contributed by atoms with Crippen molar-refractivity contribution in [2.24, 2.45) is 0 Å². The molecule has 574 valence electrons. The Morgan fingerprint density at radius 3 is 1.09 bits per heavy atom. The van der Waals surface area contributed by atoms with E-state index >= 15 is 0 Å². The number of aliphatic hydroxyl groups is 11. The molecule has 19 heteroatoms. The van der Waals surface area contributed by atoms with E-state index in [-0.39, 0.29) is 18.9 Å². The van der Waals surface area contributed by atoms with Crippen molar-refractivity contribution in [3.05, 3.63) is 85.1 Å². The van der Waals surface area contributed by atoms with E-state index in [2.05, 4.69) is 104 Å². The average Bonchev–Trinajstić information content (AvgIpc) is 0.577. The second-order valence-corrected chi connectivity index (χ2v) is 27.8. The van der Waals surface area contributed by atoms with Gasteiger partial charge in [-0.3, -0.25) is 4.79 Å². The van der Waals surface area contributed by atoms with Gasteiger partial charge in [-0.05, 0) is 70.6 Å². The molecule has 0 radical (unpaired) electrons. The monoisotopic (exact) mass is 1400 g/mol. The molecule has 3 rings (SSSR count). The highest BCUT2D eigenvalue weighted by Crippen LogP contribution is 2.33. The number of nitrogens with one attached hydrogen (secondary N) is 1.